The van der Waals surface area contributed by atoms with Crippen molar-refractivity contribution in [3.05, 3.63) is 81.5 Å². The first kappa shape index (κ1) is 26.2. The van der Waals surface area contributed by atoms with Gasteiger partial charge in [0.1, 0.15) is 17.5 Å². The van der Waals surface area contributed by atoms with Gasteiger partial charge in [0.2, 0.25) is 0 Å². The SMILES string of the molecule is Cc1nn(-c2ccc(F)cc2)c2nc(CCC(C)C)nc(N3CCN(C(=O)c4ccc([N+](=O)[O-])cc4)CC3)c12. The number of piperazine rings is 1. The van der Waals surface area contributed by atoms with Crippen molar-refractivity contribution < 1.29 is 14.1 Å². The van der Waals surface area contributed by atoms with Crippen LogP contribution in [0.4, 0.5) is 15.9 Å². The molecule has 0 spiro atoms. The van der Waals surface area contributed by atoms with Crippen LogP contribution in [0, 0.1) is 28.8 Å². The molecule has 11 heteroatoms. The molecule has 1 aliphatic heterocycles. The highest BCUT2D eigenvalue weighted by Crippen LogP contribution is 2.30. The van der Waals surface area contributed by atoms with Gasteiger partial charge in [-0.15, -0.1) is 0 Å². The zero-order chi connectivity index (χ0) is 27.7. The number of rotatable bonds is 7. The fourth-order valence-electron chi connectivity index (χ4n) is 4.76. The molecule has 0 atom stereocenters. The van der Waals surface area contributed by atoms with Crippen molar-refractivity contribution in [2.45, 2.75) is 33.6 Å². The number of nitro groups is 1. The number of benzene rings is 2. The second kappa shape index (κ2) is 10.8. The summed E-state index contributed by atoms with van der Waals surface area (Å²) in [6, 6.07) is 11.9. The number of carbonyl (C=O) groups excluding carboxylic acids is 1. The van der Waals surface area contributed by atoms with Crippen molar-refractivity contribution >= 4 is 28.4 Å². The number of non-ortho nitro benzene ring substituents is 1. The van der Waals surface area contributed by atoms with Crippen LogP contribution in [-0.4, -0.2) is 61.7 Å². The van der Waals surface area contributed by atoms with E-state index in [0.29, 0.717) is 55.4 Å². The zero-order valence-electron chi connectivity index (χ0n) is 22.2. The molecule has 0 unspecified atom stereocenters. The van der Waals surface area contributed by atoms with E-state index in [1.54, 1.807) is 21.7 Å². The summed E-state index contributed by atoms with van der Waals surface area (Å²) in [6.45, 7) is 8.32. The molecule has 2 aromatic carbocycles. The quantitative estimate of drug-likeness (QED) is 0.251. The first-order valence-corrected chi connectivity index (χ1v) is 13.0. The van der Waals surface area contributed by atoms with E-state index in [4.69, 9.17) is 15.1 Å². The molecule has 0 N–H and O–H groups in total. The summed E-state index contributed by atoms with van der Waals surface area (Å²) in [6.07, 6.45) is 1.65. The number of aryl methyl sites for hydroxylation is 2. The fraction of sp³-hybridized carbons (Fsp3) is 0.357. The van der Waals surface area contributed by atoms with Crippen LogP contribution in [0.2, 0.25) is 0 Å². The monoisotopic (exact) mass is 531 g/mol. The molecule has 202 valence electrons. The minimum Gasteiger partial charge on any atom is -0.352 e. The number of hydrogen-bond donors (Lipinski definition) is 0. The number of anilines is 1. The molecule has 1 amide bonds. The Bertz CT molecular complexity index is 1510. The fourth-order valence-corrected chi connectivity index (χ4v) is 4.76. The highest BCUT2D eigenvalue weighted by molar-refractivity contribution is 5.95. The van der Waals surface area contributed by atoms with Crippen molar-refractivity contribution in [1.82, 2.24) is 24.6 Å². The lowest BCUT2D eigenvalue weighted by Crippen LogP contribution is -2.49. The molecule has 1 fully saturated rings. The summed E-state index contributed by atoms with van der Waals surface area (Å²) in [5.41, 5.74) is 2.53. The average molecular weight is 532 g/mol. The van der Waals surface area contributed by atoms with Crippen LogP contribution < -0.4 is 4.90 Å². The van der Waals surface area contributed by atoms with Crippen molar-refractivity contribution in [3.63, 3.8) is 0 Å². The summed E-state index contributed by atoms with van der Waals surface area (Å²) in [7, 11) is 0. The first-order valence-electron chi connectivity index (χ1n) is 13.0. The van der Waals surface area contributed by atoms with Crippen LogP contribution in [0.15, 0.2) is 48.5 Å². The van der Waals surface area contributed by atoms with E-state index in [9.17, 15) is 19.3 Å². The Labute approximate surface area is 225 Å². The van der Waals surface area contributed by atoms with Crippen LogP contribution in [0.5, 0.6) is 0 Å². The van der Waals surface area contributed by atoms with Gasteiger partial charge in [-0.05, 0) is 55.7 Å². The molecular weight excluding hydrogens is 501 g/mol. The highest BCUT2D eigenvalue weighted by atomic mass is 19.1. The molecular formula is C28H30FN7O3. The van der Waals surface area contributed by atoms with Crippen LogP contribution in [0.1, 0.15) is 42.1 Å². The predicted molar refractivity (Wildman–Crippen MR) is 146 cm³/mol. The predicted octanol–water partition coefficient (Wildman–Crippen LogP) is 4.72. The van der Waals surface area contributed by atoms with Gasteiger partial charge in [-0.25, -0.2) is 19.0 Å². The lowest BCUT2D eigenvalue weighted by atomic mass is 10.1. The Hall–Kier alpha value is -4.41. The van der Waals surface area contributed by atoms with Gasteiger partial charge >= 0.3 is 0 Å². The van der Waals surface area contributed by atoms with Gasteiger partial charge in [0, 0.05) is 50.3 Å². The van der Waals surface area contributed by atoms with E-state index >= 15 is 0 Å². The number of fused-ring (bicyclic) bond motifs is 1. The number of nitrogens with zero attached hydrogens (tertiary/aromatic N) is 7. The Morgan fingerprint density at radius 2 is 1.69 bits per heavy atom. The molecule has 3 heterocycles. The summed E-state index contributed by atoms with van der Waals surface area (Å²) >= 11 is 0. The molecule has 0 bridgehead atoms. The van der Waals surface area contributed by atoms with E-state index < -0.39 is 4.92 Å². The number of hydrogen-bond acceptors (Lipinski definition) is 7. The van der Waals surface area contributed by atoms with E-state index in [1.807, 2.05) is 6.92 Å². The third-order valence-electron chi connectivity index (χ3n) is 6.94. The van der Waals surface area contributed by atoms with Crippen molar-refractivity contribution in [2.75, 3.05) is 31.1 Å². The molecule has 0 saturated carbocycles. The van der Waals surface area contributed by atoms with E-state index in [-0.39, 0.29) is 17.4 Å². The molecule has 2 aromatic heterocycles. The molecule has 0 radical (unpaired) electrons. The Morgan fingerprint density at radius 3 is 2.31 bits per heavy atom. The third-order valence-corrected chi connectivity index (χ3v) is 6.94. The average Bonchev–Trinajstić information content (AvgIpc) is 3.27. The number of nitro benzene ring substituents is 1. The van der Waals surface area contributed by atoms with Crippen molar-refractivity contribution in [2.24, 2.45) is 5.92 Å². The number of carbonyl (C=O) groups is 1. The molecule has 1 aliphatic rings. The van der Waals surface area contributed by atoms with Gasteiger partial charge in [0.15, 0.2) is 5.65 Å². The molecule has 4 aromatic rings. The van der Waals surface area contributed by atoms with E-state index in [0.717, 1.165) is 29.1 Å². The van der Waals surface area contributed by atoms with E-state index in [2.05, 4.69) is 18.7 Å². The van der Waals surface area contributed by atoms with Gasteiger partial charge in [0.25, 0.3) is 11.6 Å². The Kier molecular flexibility index (Phi) is 7.23. The highest BCUT2D eigenvalue weighted by Gasteiger charge is 2.27. The Morgan fingerprint density at radius 1 is 1.03 bits per heavy atom. The zero-order valence-corrected chi connectivity index (χ0v) is 22.2. The van der Waals surface area contributed by atoms with Crippen LogP contribution in [0.25, 0.3) is 16.7 Å². The van der Waals surface area contributed by atoms with Gasteiger partial charge < -0.3 is 9.80 Å². The lowest BCUT2D eigenvalue weighted by molar-refractivity contribution is -0.384. The molecule has 0 aliphatic carbocycles. The summed E-state index contributed by atoms with van der Waals surface area (Å²) in [4.78, 5) is 37.3. The van der Waals surface area contributed by atoms with Gasteiger partial charge in [0.05, 0.1) is 21.7 Å². The normalized spacial score (nSPS) is 13.9. The van der Waals surface area contributed by atoms with Crippen LogP contribution in [0.3, 0.4) is 0 Å². The second-order valence-corrected chi connectivity index (χ2v) is 10.2. The maximum atomic E-state index is 13.6. The smallest absolute Gasteiger partial charge is 0.269 e. The topological polar surface area (TPSA) is 110 Å². The van der Waals surface area contributed by atoms with Gasteiger partial charge in [-0.1, -0.05) is 13.8 Å². The maximum Gasteiger partial charge on any atom is 0.269 e. The largest absolute Gasteiger partial charge is 0.352 e. The standard InChI is InChI=1S/C28H30FN7O3/c1-18(2)4-13-24-30-26(25-19(3)32-35(27(25)31-24)22-11-7-21(29)8-12-22)33-14-16-34(17-15-33)28(37)20-5-9-23(10-6-20)36(38)39/h5-12,18H,4,13-17H2,1-3H3. The lowest BCUT2D eigenvalue weighted by Gasteiger charge is -2.35. The van der Waals surface area contributed by atoms with Gasteiger partial charge in [-0.3, -0.25) is 14.9 Å². The number of amides is 1. The molecule has 5 rings (SSSR count). The number of aromatic nitrogens is 4. The second-order valence-electron chi connectivity index (χ2n) is 10.2. The molecule has 10 nitrogen and oxygen atoms in total. The minimum atomic E-state index is -0.481. The molecule has 1 saturated heterocycles. The van der Waals surface area contributed by atoms with Crippen molar-refractivity contribution in [1.29, 1.82) is 0 Å². The third kappa shape index (κ3) is 5.43. The van der Waals surface area contributed by atoms with Crippen LogP contribution >= 0.6 is 0 Å². The summed E-state index contributed by atoms with van der Waals surface area (Å²) in [5.74, 6) is 1.52. The van der Waals surface area contributed by atoms with Gasteiger partial charge in [-0.2, -0.15) is 5.10 Å². The van der Waals surface area contributed by atoms with Crippen molar-refractivity contribution in [3.8, 4) is 5.69 Å². The summed E-state index contributed by atoms with van der Waals surface area (Å²) < 4.78 is 15.3. The van der Waals surface area contributed by atoms with Crippen LogP contribution in [-0.2, 0) is 6.42 Å². The van der Waals surface area contributed by atoms with E-state index in [1.165, 1.54) is 36.4 Å². The maximum absolute atomic E-state index is 13.6. The minimum absolute atomic E-state index is 0.0472. The summed E-state index contributed by atoms with van der Waals surface area (Å²) in [5, 5.41) is 16.5. The Balaban J connectivity index is 1.44. The first-order chi connectivity index (χ1) is 18.7. The molecule has 39 heavy (non-hydrogen) atoms. The number of halogens is 1.